The van der Waals surface area contributed by atoms with E-state index < -0.39 is 0 Å². The molecule has 2 rings (SSSR count). The summed E-state index contributed by atoms with van der Waals surface area (Å²) >= 11 is 4.64. The molecule has 0 saturated carbocycles. The van der Waals surface area contributed by atoms with Crippen LogP contribution in [-0.2, 0) is 0 Å². The minimum absolute atomic E-state index is 0.349. The van der Waals surface area contributed by atoms with Crippen LogP contribution < -0.4 is 0 Å². The highest BCUT2D eigenvalue weighted by atomic mass is 32.1. The molecule has 0 radical (unpaired) electrons. The van der Waals surface area contributed by atoms with Crippen molar-refractivity contribution in [3.63, 3.8) is 0 Å². The molecule has 0 amide bonds. The highest BCUT2D eigenvalue weighted by Crippen LogP contribution is 2.48. The van der Waals surface area contributed by atoms with Crippen LogP contribution >= 0.6 is 12.6 Å². The first-order chi connectivity index (χ1) is 8.84. The van der Waals surface area contributed by atoms with Gasteiger partial charge in [-0.3, -0.25) is 0 Å². The van der Waals surface area contributed by atoms with E-state index in [0.29, 0.717) is 16.6 Å². The molecule has 0 aromatic heterocycles. The summed E-state index contributed by atoms with van der Waals surface area (Å²) in [5.74, 6) is 0.689. The van der Waals surface area contributed by atoms with Gasteiger partial charge < -0.3 is 0 Å². The molecule has 0 nitrogen and oxygen atoms in total. The van der Waals surface area contributed by atoms with Gasteiger partial charge in [-0.1, -0.05) is 51.8 Å². The third-order valence-corrected chi connectivity index (χ3v) is 4.96. The molecular formula is C18H28S. The summed E-state index contributed by atoms with van der Waals surface area (Å²) in [5.41, 5.74) is 6.68. The fourth-order valence-electron chi connectivity index (χ4n) is 3.57. The lowest BCUT2D eigenvalue weighted by atomic mass is 9.65. The molecule has 0 fully saturated rings. The summed E-state index contributed by atoms with van der Waals surface area (Å²) in [5, 5.41) is 0.417. The van der Waals surface area contributed by atoms with Crippen molar-refractivity contribution in [2.24, 2.45) is 11.3 Å². The van der Waals surface area contributed by atoms with E-state index in [9.17, 15) is 0 Å². The minimum atomic E-state index is 0.349. The van der Waals surface area contributed by atoms with E-state index in [1.54, 1.807) is 16.7 Å². The molecule has 0 aromatic carbocycles. The molecule has 0 saturated heterocycles. The molecule has 0 bridgehead atoms. The van der Waals surface area contributed by atoms with E-state index in [1.165, 1.54) is 24.8 Å². The molecule has 0 aliphatic heterocycles. The maximum absolute atomic E-state index is 4.64. The maximum Gasteiger partial charge on any atom is 0.0237 e. The summed E-state index contributed by atoms with van der Waals surface area (Å²) in [6.07, 6.45) is 9.60. The molecule has 0 heterocycles. The van der Waals surface area contributed by atoms with Crippen molar-refractivity contribution in [1.82, 2.24) is 0 Å². The van der Waals surface area contributed by atoms with Crippen LogP contribution in [0.4, 0.5) is 0 Å². The Labute approximate surface area is 124 Å². The summed E-state index contributed by atoms with van der Waals surface area (Å²) in [4.78, 5) is 0. The molecule has 2 aliphatic rings. The van der Waals surface area contributed by atoms with Gasteiger partial charge in [0.15, 0.2) is 0 Å². The minimum Gasteiger partial charge on any atom is -0.171 e. The van der Waals surface area contributed by atoms with Gasteiger partial charge in [0.2, 0.25) is 0 Å². The van der Waals surface area contributed by atoms with E-state index in [1.807, 2.05) is 0 Å². The van der Waals surface area contributed by atoms with Gasteiger partial charge in [0, 0.05) is 5.25 Å². The highest BCUT2D eigenvalue weighted by molar-refractivity contribution is 7.81. The summed E-state index contributed by atoms with van der Waals surface area (Å²) in [6, 6.07) is 0. The SMILES string of the molecule is CCCC1=C(C)C2=CCC(S)C=C2CC1C(C)(C)C. The van der Waals surface area contributed by atoms with Crippen LogP contribution in [0.25, 0.3) is 0 Å². The van der Waals surface area contributed by atoms with Crippen LogP contribution in [-0.4, -0.2) is 5.25 Å². The fraction of sp³-hybridized carbons (Fsp3) is 0.667. The first kappa shape index (κ1) is 15.0. The lowest BCUT2D eigenvalue weighted by Gasteiger charge is -2.40. The Bertz CT molecular complexity index is 443. The van der Waals surface area contributed by atoms with Crippen molar-refractivity contribution in [3.05, 3.63) is 34.4 Å². The van der Waals surface area contributed by atoms with E-state index in [-0.39, 0.29) is 0 Å². The molecule has 0 spiro atoms. The van der Waals surface area contributed by atoms with Gasteiger partial charge in [-0.05, 0) is 54.2 Å². The second-order valence-electron chi connectivity index (χ2n) is 7.14. The number of fused-ring (bicyclic) bond motifs is 1. The Balaban J connectivity index is 2.47. The largest absolute Gasteiger partial charge is 0.171 e. The maximum atomic E-state index is 4.64. The second kappa shape index (κ2) is 5.52. The second-order valence-corrected chi connectivity index (χ2v) is 7.80. The highest BCUT2D eigenvalue weighted by Gasteiger charge is 2.35. The van der Waals surface area contributed by atoms with Crippen molar-refractivity contribution in [2.45, 2.75) is 65.6 Å². The average Bonchev–Trinajstić information content (AvgIpc) is 2.31. The average molecular weight is 276 g/mol. The van der Waals surface area contributed by atoms with Gasteiger partial charge in [-0.25, -0.2) is 0 Å². The monoisotopic (exact) mass is 276 g/mol. The number of hydrogen-bond acceptors (Lipinski definition) is 1. The Morgan fingerprint density at radius 3 is 2.58 bits per heavy atom. The van der Waals surface area contributed by atoms with Crippen molar-refractivity contribution in [3.8, 4) is 0 Å². The van der Waals surface area contributed by atoms with Gasteiger partial charge in [0.1, 0.15) is 0 Å². The van der Waals surface area contributed by atoms with Crippen LogP contribution in [0.2, 0.25) is 0 Å². The quantitative estimate of drug-likeness (QED) is 0.612. The fourth-order valence-corrected chi connectivity index (χ4v) is 3.85. The van der Waals surface area contributed by atoms with Crippen molar-refractivity contribution in [2.75, 3.05) is 0 Å². The zero-order chi connectivity index (χ0) is 14.2. The van der Waals surface area contributed by atoms with Crippen molar-refractivity contribution in [1.29, 1.82) is 0 Å². The topological polar surface area (TPSA) is 0 Å². The molecule has 0 aromatic rings. The van der Waals surface area contributed by atoms with Gasteiger partial charge in [0.25, 0.3) is 0 Å². The standard InChI is InChI=1S/C18H28S/c1-6-7-16-12(2)15-9-8-14(19)10-13(15)11-17(16)18(3,4)5/h9-10,14,17,19H,6-8,11H2,1-5H3. The van der Waals surface area contributed by atoms with Crippen LogP contribution in [0.1, 0.15) is 60.3 Å². The van der Waals surface area contributed by atoms with Crippen molar-refractivity contribution < 1.29 is 0 Å². The molecular weight excluding hydrogens is 248 g/mol. The van der Waals surface area contributed by atoms with Crippen LogP contribution in [0.5, 0.6) is 0 Å². The number of rotatable bonds is 2. The number of hydrogen-bond donors (Lipinski definition) is 1. The zero-order valence-electron chi connectivity index (χ0n) is 13.1. The Kier molecular flexibility index (Phi) is 4.35. The molecule has 106 valence electrons. The first-order valence-electron chi connectivity index (χ1n) is 7.64. The van der Waals surface area contributed by atoms with Crippen LogP contribution in [0, 0.1) is 11.3 Å². The Morgan fingerprint density at radius 2 is 2.00 bits per heavy atom. The molecule has 19 heavy (non-hydrogen) atoms. The lowest BCUT2D eigenvalue weighted by molar-refractivity contribution is 0.266. The molecule has 2 aliphatic carbocycles. The zero-order valence-corrected chi connectivity index (χ0v) is 14.0. The number of allylic oxidation sites excluding steroid dienone is 5. The van der Waals surface area contributed by atoms with Crippen molar-refractivity contribution >= 4 is 12.6 Å². The molecule has 2 atom stereocenters. The van der Waals surface area contributed by atoms with Crippen LogP contribution in [0.3, 0.4) is 0 Å². The number of thiol groups is 1. The van der Waals surface area contributed by atoms with E-state index in [0.717, 1.165) is 6.42 Å². The van der Waals surface area contributed by atoms with Gasteiger partial charge in [-0.15, -0.1) is 0 Å². The summed E-state index contributed by atoms with van der Waals surface area (Å²) in [6.45, 7) is 11.8. The Hall–Kier alpha value is -0.430. The van der Waals surface area contributed by atoms with Gasteiger partial charge >= 0.3 is 0 Å². The Morgan fingerprint density at radius 1 is 1.32 bits per heavy atom. The van der Waals surface area contributed by atoms with Gasteiger partial charge in [-0.2, -0.15) is 12.6 Å². The third-order valence-electron chi connectivity index (χ3n) is 4.60. The third kappa shape index (κ3) is 3.02. The van der Waals surface area contributed by atoms with Gasteiger partial charge in [0.05, 0.1) is 0 Å². The lowest BCUT2D eigenvalue weighted by Crippen LogP contribution is -2.28. The predicted octanol–water partition coefficient (Wildman–Crippen LogP) is 5.72. The smallest absolute Gasteiger partial charge is 0.0237 e. The predicted molar refractivity (Wildman–Crippen MR) is 88.7 cm³/mol. The van der Waals surface area contributed by atoms with E-state index in [2.05, 4.69) is 59.4 Å². The van der Waals surface area contributed by atoms with E-state index in [4.69, 9.17) is 0 Å². The molecule has 0 N–H and O–H groups in total. The van der Waals surface area contributed by atoms with Crippen LogP contribution in [0.15, 0.2) is 34.4 Å². The summed E-state index contributed by atoms with van der Waals surface area (Å²) < 4.78 is 0. The molecule has 1 heteroatoms. The normalized spacial score (nSPS) is 27.9. The summed E-state index contributed by atoms with van der Waals surface area (Å²) in [7, 11) is 0. The molecule has 2 unspecified atom stereocenters. The van der Waals surface area contributed by atoms with E-state index >= 15 is 0 Å². The first-order valence-corrected chi connectivity index (χ1v) is 8.15.